The Bertz CT molecular complexity index is 193. The zero-order valence-corrected chi connectivity index (χ0v) is 8.87. The Morgan fingerprint density at radius 1 is 1.62 bits per heavy atom. The molecule has 2 unspecified atom stereocenters. The van der Waals surface area contributed by atoms with Crippen LogP contribution in [0.3, 0.4) is 0 Å². The SMILES string of the molecule is CC1CNC(CN(C)C)C(=O)N1C. The summed E-state index contributed by atoms with van der Waals surface area (Å²) in [6, 6.07) is 0.280. The van der Waals surface area contributed by atoms with Crippen LogP contribution in [0.1, 0.15) is 6.92 Å². The molecule has 4 nitrogen and oxygen atoms in total. The Morgan fingerprint density at radius 2 is 2.23 bits per heavy atom. The van der Waals surface area contributed by atoms with Gasteiger partial charge in [0.05, 0.1) is 6.04 Å². The van der Waals surface area contributed by atoms with Gasteiger partial charge in [-0.15, -0.1) is 0 Å². The van der Waals surface area contributed by atoms with Crippen molar-refractivity contribution < 1.29 is 4.79 Å². The molecule has 1 fully saturated rings. The number of nitrogens with one attached hydrogen (secondary N) is 1. The maximum Gasteiger partial charge on any atom is 0.241 e. The number of hydrogen-bond donors (Lipinski definition) is 1. The third kappa shape index (κ3) is 2.42. The van der Waals surface area contributed by atoms with Crippen molar-refractivity contribution >= 4 is 5.91 Å². The van der Waals surface area contributed by atoms with Gasteiger partial charge in [0, 0.05) is 26.2 Å². The zero-order valence-electron chi connectivity index (χ0n) is 8.87. The third-order valence-corrected chi connectivity index (χ3v) is 2.51. The Balaban J connectivity index is 2.54. The molecule has 4 heteroatoms. The highest BCUT2D eigenvalue weighted by Crippen LogP contribution is 2.05. The van der Waals surface area contributed by atoms with E-state index >= 15 is 0 Å². The molecule has 0 aliphatic carbocycles. The normalized spacial score (nSPS) is 29.9. The molecular weight excluding hydrogens is 166 g/mol. The molecule has 0 aromatic heterocycles. The van der Waals surface area contributed by atoms with Gasteiger partial charge in [-0.2, -0.15) is 0 Å². The van der Waals surface area contributed by atoms with Crippen LogP contribution in [0.25, 0.3) is 0 Å². The lowest BCUT2D eigenvalue weighted by Crippen LogP contribution is -2.60. The molecule has 1 rings (SSSR count). The van der Waals surface area contributed by atoms with Gasteiger partial charge < -0.3 is 15.1 Å². The number of likely N-dealkylation sites (N-methyl/N-ethyl adjacent to an activating group) is 2. The van der Waals surface area contributed by atoms with Gasteiger partial charge in [-0.3, -0.25) is 4.79 Å². The van der Waals surface area contributed by atoms with Gasteiger partial charge in [0.15, 0.2) is 0 Å². The summed E-state index contributed by atoms with van der Waals surface area (Å²) >= 11 is 0. The van der Waals surface area contributed by atoms with Crippen molar-refractivity contribution in [1.29, 1.82) is 0 Å². The minimum Gasteiger partial charge on any atom is -0.340 e. The smallest absolute Gasteiger partial charge is 0.241 e. The predicted octanol–water partition coefficient (Wildman–Crippen LogP) is -0.633. The zero-order chi connectivity index (χ0) is 10.0. The van der Waals surface area contributed by atoms with Crippen LogP contribution in [0.2, 0.25) is 0 Å². The molecule has 0 aromatic rings. The van der Waals surface area contributed by atoms with Gasteiger partial charge >= 0.3 is 0 Å². The summed E-state index contributed by atoms with van der Waals surface area (Å²) in [4.78, 5) is 15.6. The van der Waals surface area contributed by atoms with Crippen LogP contribution in [0.5, 0.6) is 0 Å². The average Bonchev–Trinajstić information content (AvgIpc) is 2.06. The van der Waals surface area contributed by atoms with Crippen molar-refractivity contribution in [2.75, 3.05) is 34.2 Å². The van der Waals surface area contributed by atoms with Crippen LogP contribution >= 0.6 is 0 Å². The quantitative estimate of drug-likeness (QED) is 0.622. The Hall–Kier alpha value is -0.610. The fourth-order valence-corrected chi connectivity index (χ4v) is 1.51. The summed E-state index contributed by atoms with van der Waals surface area (Å²) < 4.78 is 0. The molecule has 1 saturated heterocycles. The molecule has 0 saturated carbocycles. The van der Waals surface area contributed by atoms with E-state index in [0.29, 0.717) is 6.04 Å². The number of piperazine rings is 1. The van der Waals surface area contributed by atoms with Crippen LogP contribution in [0.4, 0.5) is 0 Å². The molecule has 1 aliphatic rings. The summed E-state index contributed by atoms with van der Waals surface area (Å²) in [5.74, 6) is 0.201. The second-order valence-corrected chi connectivity index (χ2v) is 4.02. The van der Waals surface area contributed by atoms with Crippen LogP contribution in [-0.2, 0) is 4.79 Å². The fourth-order valence-electron chi connectivity index (χ4n) is 1.51. The molecule has 76 valence electrons. The lowest BCUT2D eigenvalue weighted by atomic mass is 10.1. The highest BCUT2D eigenvalue weighted by molar-refractivity contribution is 5.83. The lowest BCUT2D eigenvalue weighted by Gasteiger charge is -2.36. The molecule has 1 N–H and O–H groups in total. The summed E-state index contributed by atoms with van der Waals surface area (Å²) in [6.07, 6.45) is 0. The summed E-state index contributed by atoms with van der Waals surface area (Å²) in [5, 5.41) is 3.25. The molecule has 1 aliphatic heterocycles. The van der Waals surface area contributed by atoms with Gasteiger partial charge in [0.1, 0.15) is 0 Å². The number of carbonyl (C=O) groups excluding carboxylic acids is 1. The van der Waals surface area contributed by atoms with Crippen molar-refractivity contribution in [2.45, 2.75) is 19.0 Å². The number of rotatable bonds is 2. The van der Waals surface area contributed by atoms with Crippen molar-refractivity contribution in [3.8, 4) is 0 Å². The topological polar surface area (TPSA) is 35.6 Å². The van der Waals surface area contributed by atoms with Crippen LogP contribution in [0.15, 0.2) is 0 Å². The largest absolute Gasteiger partial charge is 0.340 e. The lowest BCUT2D eigenvalue weighted by molar-refractivity contribution is -0.136. The summed E-state index contributed by atoms with van der Waals surface area (Å²) in [5.41, 5.74) is 0. The maximum absolute atomic E-state index is 11.7. The Labute approximate surface area is 79.9 Å². The molecule has 1 amide bonds. The molecule has 0 spiro atoms. The fraction of sp³-hybridized carbons (Fsp3) is 0.889. The number of nitrogens with zero attached hydrogens (tertiary/aromatic N) is 2. The monoisotopic (exact) mass is 185 g/mol. The third-order valence-electron chi connectivity index (χ3n) is 2.51. The van der Waals surface area contributed by atoms with Crippen LogP contribution in [0, 0.1) is 0 Å². The van der Waals surface area contributed by atoms with Gasteiger partial charge in [-0.1, -0.05) is 0 Å². The minimum atomic E-state index is -0.0313. The number of hydrogen-bond acceptors (Lipinski definition) is 3. The van der Waals surface area contributed by atoms with E-state index in [-0.39, 0.29) is 11.9 Å². The van der Waals surface area contributed by atoms with E-state index in [4.69, 9.17) is 0 Å². The van der Waals surface area contributed by atoms with Crippen molar-refractivity contribution in [2.24, 2.45) is 0 Å². The van der Waals surface area contributed by atoms with Crippen LogP contribution < -0.4 is 5.32 Å². The molecule has 0 bridgehead atoms. The van der Waals surface area contributed by atoms with Crippen molar-refractivity contribution in [3.05, 3.63) is 0 Å². The first kappa shape index (κ1) is 10.5. The molecular formula is C9H19N3O. The predicted molar refractivity (Wildman–Crippen MR) is 52.6 cm³/mol. The van der Waals surface area contributed by atoms with E-state index in [1.54, 1.807) is 0 Å². The van der Waals surface area contributed by atoms with E-state index in [0.717, 1.165) is 13.1 Å². The standard InChI is InChI=1S/C9H19N3O/c1-7-5-10-8(6-11(2)3)9(13)12(7)4/h7-8,10H,5-6H2,1-4H3. The summed E-state index contributed by atoms with van der Waals surface area (Å²) in [6.45, 7) is 3.72. The second-order valence-electron chi connectivity index (χ2n) is 4.02. The van der Waals surface area contributed by atoms with E-state index in [1.807, 2.05) is 30.9 Å². The van der Waals surface area contributed by atoms with Crippen molar-refractivity contribution in [3.63, 3.8) is 0 Å². The number of carbonyl (C=O) groups is 1. The van der Waals surface area contributed by atoms with E-state index in [1.165, 1.54) is 0 Å². The Kier molecular flexibility index (Phi) is 3.27. The molecule has 1 heterocycles. The van der Waals surface area contributed by atoms with Gasteiger partial charge in [0.25, 0.3) is 0 Å². The first-order chi connectivity index (χ1) is 6.02. The van der Waals surface area contributed by atoms with Gasteiger partial charge in [0.2, 0.25) is 5.91 Å². The van der Waals surface area contributed by atoms with E-state index in [2.05, 4.69) is 12.2 Å². The first-order valence-electron chi connectivity index (χ1n) is 4.67. The molecule has 0 aromatic carbocycles. The molecule has 13 heavy (non-hydrogen) atoms. The number of amides is 1. The maximum atomic E-state index is 11.7. The highest BCUT2D eigenvalue weighted by Gasteiger charge is 2.30. The molecule has 2 atom stereocenters. The summed E-state index contributed by atoms with van der Waals surface area (Å²) in [7, 11) is 5.83. The average molecular weight is 185 g/mol. The Morgan fingerprint density at radius 3 is 2.77 bits per heavy atom. The highest BCUT2D eigenvalue weighted by atomic mass is 16.2. The second kappa shape index (κ2) is 4.07. The van der Waals surface area contributed by atoms with Crippen LogP contribution in [-0.4, -0.2) is 62.0 Å². The first-order valence-corrected chi connectivity index (χ1v) is 4.67. The van der Waals surface area contributed by atoms with Gasteiger partial charge in [-0.05, 0) is 21.0 Å². The molecule has 0 radical (unpaired) electrons. The van der Waals surface area contributed by atoms with E-state index < -0.39 is 0 Å². The van der Waals surface area contributed by atoms with E-state index in [9.17, 15) is 4.79 Å². The minimum absolute atomic E-state index is 0.0313. The van der Waals surface area contributed by atoms with Crippen molar-refractivity contribution in [1.82, 2.24) is 15.1 Å². The van der Waals surface area contributed by atoms with Gasteiger partial charge in [-0.25, -0.2) is 0 Å².